The fraction of sp³-hybridized carbons (Fsp3) is 0.913. The van der Waals surface area contributed by atoms with Crippen LogP contribution in [-0.2, 0) is 14.3 Å². The Morgan fingerprint density at radius 2 is 1.28 bits per heavy atom. The lowest BCUT2D eigenvalue weighted by Crippen LogP contribution is -2.38. The highest BCUT2D eigenvalue weighted by molar-refractivity contribution is 5.80. The van der Waals surface area contributed by atoms with E-state index in [4.69, 9.17) is 10.6 Å². The Kier molecular flexibility index (Phi) is 19.4. The molecule has 0 saturated carbocycles. The molecule has 0 aliphatic rings. The van der Waals surface area contributed by atoms with Gasteiger partial charge in [-0.15, -0.1) is 0 Å². The van der Waals surface area contributed by atoms with Gasteiger partial charge in [0.15, 0.2) is 0 Å². The molecule has 6 heteroatoms. The molecule has 0 heterocycles. The van der Waals surface area contributed by atoms with E-state index in [1.165, 1.54) is 56.4 Å². The number of unbranched alkanes of at least 4 members (excludes halogenated alkanes) is 9. The molecular weight excluding hydrogens is 366 g/mol. The number of nitrogens with two attached hydrogens (primary N) is 1. The molecule has 2 N–H and O–H groups in total. The van der Waals surface area contributed by atoms with Crippen molar-refractivity contribution < 1.29 is 14.3 Å². The molecule has 0 aromatic rings. The molecule has 1 amide bonds. The number of ether oxygens (including phenoxy) is 1. The zero-order valence-corrected chi connectivity index (χ0v) is 19.4. The molecule has 0 aromatic carbocycles. The molecule has 0 aromatic heterocycles. The number of carbonyl (C=O) groups excluding carboxylic acids is 2. The van der Waals surface area contributed by atoms with E-state index in [0.29, 0.717) is 13.2 Å². The van der Waals surface area contributed by atoms with Crippen molar-refractivity contribution in [1.29, 1.82) is 0 Å². The molecule has 0 aliphatic carbocycles. The van der Waals surface area contributed by atoms with Crippen molar-refractivity contribution in [3.8, 4) is 0 Å². The van der Waals surface area contributed by atoms with Crippen molar-refractivity contribution in [2.45, 2.75) is 104 Å². The van der Waals surface area contributed by atoms with Gasteiger partial charge in [-0.05, 0) is 25.9 Å². The molecule has 0 saturated heterocycles. The number of hydrogen-bond donors (Lipinski definition) is 1. The number of carbonyl (C=O) groups is 2. The van der Waals surface area contributed by atoms with Crippen molar-refractivity contribution in [3.63, 3.8) is 0 Å². The molecule has 0 rings (SSSR count). The van der Waals surface area contributed by atoms with E-state index in [-0.39, 0.29) is 24.7 Å². The van der Waals surface area contributed by atoms with Crippen LogP contribution in [0.15, 0.2) is 0 Å². The van der Waals surface area contributed by atoms with Crippen LogP contribution in [0.1, 0.15) is 104 Å². The smallest absolute Gasteiger partial charge is 0.306 e. The molecule has 0 atom stereocenters. The maximum atomic E-state index is 12.0. The summed E-state index contributed by atoms with van der Waals surface area (Å²) in [5, 5.41) is 1.26. The highest BCUT2D eigenvalue weighted by atomic mass is 16.5. The Balaban J connectivity index is 3.58. The van der Waals surface area contributed by atoms with Gasteiger partial charge in [-0.25, -0.2) is 5.84 Å². The minimum atomic E-state index is -0.315. The second-order valence-electron chi connectivity index (χ2n) is 7.87. The first kappa shape index (κ1) is 27.9. The van der Waals surface area contributed by atoms with Crippen LogP contribution in [0.25, 0.3) is 0 Å². The molecule has 29 heavy (non-hydrogen) atoms. The van der Waals surface area contributed by atoms with Crippen LogP contribution in [-0.4, -0.2) is 54.6 Å². The summed E-state index contributed by atoms with van der Waals surface area (Å²) < 4.78 is 5.20. The van der Waals surface area contributed by atoms with Gasteiger partial charge < -0.3 is 9.64 Å². The Hall–Kier alpha value is -1.14. The topological polar surface area (TPSA) is 75.9 Å². The normalized spacial score (nSPS) is 11.1. The first-order valence-corrected chi connectivity index (χ1v) is 12.0. The van der Waals surface area contributed by atoms with Crippen LogP contribution in [0.4, 0.5) is 0 Å². The Bertz CT molecular complexity index is 401. The van der Waals surface area contributed by atoms with Gasteiger partial charge in [0.05, 0.1) is 13.0 Å². The summed E-state index contributed by atoms with van der Waals surface area (Å²) in [6.07, 6.45) is 13.6. The first-order valence-electron chi connectivity index (χ1n) is 12.0. The quantitative estimate of drug-likeness (QED) is 0.103. The van der Waals surface area contributed by atoms with Crippen molar-refractivity contribution in [2.75, 3.05) is 32.8 Å². The molecule has 0 bridgehead atoms. The van der Waals surface area contributed by atoms with E-state index in [1.807, 2.05) is 0 Å². The molecule has 6 nitrogen and oxygen atoms in total. The van der Waals surface area contributed by atoms with E-state index in [0.717, 1.165) is 38.9 Å². The summed E-state index contributed by atoms with van der Waals surface area (Å²) in [4.78, 5) is 26.1. The van der Waals surface area contributed by atoms with Gasteiger partial charge in [0.2, 0.25) is 5.91 Å². The van der Waals surface area contributed by atoms with Crippen LogP contribution >= 0.6 is 0 Å². The molecular formula is C23H47N3O3. The minimum Gasteiger partial charge on any atom is -0.466 e. The summed E-state index contributed by atoms with van der Waals surface area (Å²) in [6, 6.07) is 0. The molecule has 0 unspecified atom stereocenters. The van der Waals surface area contributed by atoms with Crippen molar-refractivity contribution in [1.82, 2.24) is 9.91 Å². The lowest BCUT2D eigenvalue weighted by Gasteiger charge is -2.17. The fourth-order valence-corrected chi connectivity index (χ4v) is 3.33. The first-order chi connectivity index (χ1) is 14.0. The maximum Gasteiger partial charge on any atom is 0.306 e. The maximum absolute atomic E-state index is 12.0. The van der Waals surface area contributed by atoms with Gasteiger partial charge >= 0.3 is 5.97 Å². The highest BCUT2D eigenvalue weighted by Gasteiger charge is 2.12. The lowest BCUT2D eigenvalue weighted by molar-refractivity contribution is -0.146. The average molecular weight is 414 g/mol. The predicted octanol–water partition coefficient (Wildman–Crippen LogP) is 4.66. The zero-order valence-electron chi connectivity index (χ0n) is 19.4. The fourth-order valence-electron chi connectivity index (χ4n) is 3.33. The van der Waals surface area contributed by atoms with Gasteiger partial charge in [-0.1, -0.05) is 78.6 Å². The number of amides is 1. The number of esters is 1. The van der Waals surface area contributed by atoms with Crippen LogP contribution < -0.4 is 5.84 Å². The molecule has 0 spiro atoms. The second kappa shape index (κ2) is 20.1. The van der Waals surface area contributed by atoms with Crippen molar-refractivity contribution >= 4 is 11.9 Å². The van der Waals surface area contributed by atoms with Crippen LogP contribution in [0, 0.1) is 0 Å². The molecule has 0 radical (unpaired) electrons. The largest absolute Gasteiger partial charge is 0.466 e. The SMILES string of the molecule is CCCCCCCCCCCCN(N)C(=O)CCC(=O)OCCCN(CC)CC. The third kappa shape index (κ3) is 17.4. The van der Waals surface area contributed by atoms with Gasteiger partial charge in [-0.3, -0.25) is 14.6 Å². The van der Waals surface area contributed by atoms with Crippen LogP contribution in [0.2, 0.25) is 0 Å². The summed E-state index contributed by atoms with van der Waals surface area (Å²) in [5.74, 6) is 5.33. The minimum absolute atomic E-state index is 0.107. The summed E-state index contributed by atoms with van der Waals surface area (Å²) >= 11 is 0. The van der Waals surface area contributed by atoms with E-state index >= 15 is 0 Å². The number of hydrogen-bond acceptors (Lipinski definition) is 5. The number of nitrogens with zero attached hydrogens (tertiary/aromatic N) is 2. The standard InChI is InChI=1S/C23H47N3O3/c1-4-7-8-9-10-11-12-13-14-15-20-26(24)22(27)17-18-23(28)29-21-16-19-25(5-2)6-3/h4-21,24H2,1-3H3. The highest BCUT2D eigenvalue weighted by Crippen LogP contribution is 2.10. The van der Waals surface area contributed by atoms with Crippen molar-refractivity contribution in [3.05, 3.63) is 0 Å². The third-order valence-corrected chi connectivity index (χ3v) is 5.39. The summed E-state index contributed by atoms with van der Waals surface area (Å²) in [7, 11) is 0. The van der Waals surface area contributed by atoms with E-state index in [9.17, 15) is 9.59 Å². The van der Waals surface area contributed by atoms with Gasteiger partial charge in [-0.2, -0.15) is 0 Å². The zero-order chi connectivity index (χ0) is 21.7. The lowest BCUT2D eigenvalue weighted by atomic mass is 10.1. The molecule has 0 fully saturated rings. The summed E-state index contributed by atoms with van der Waals surface area (Å²) in [5.41, 5.74) is 0. The van der Waals surface area contributed by atoms with E-state index < -0.39 is 0 Å². The number of rotatable bonds is 20. The average Bonchev–Trinajstić information content (AvgIpc) is 2.73. The van der Waals surface area contributed by atoms with Crippen LogP contribution in [0.5, 0.6) is 0 Å². The molecule has 0 aliphatic heterocycles. The number of hydrazine groups is 1. The van der Waals surface area contributed by atoms with Crippen molar-refractivity contribution in [2.24, 2.45) is 5.84 Å². The Labute approximate surface area is 179 Å². The van der Waals surface area contributed by atoms with Gasteiger partial charge in [0, 0.05) is 19.5 Å². The second-order valence-corrected chi connectivity index (χ2v) is 7.87. The summed E-state index contributed by atoms with van der Waals surface area (Å²) in [6.45, 7) is 10.4. The van der Waals surface area contributed by atoms with E-state index in [1.54, 1.807) is 0 Å². The molecule has 172 valence electrons. The predicted molar refractivity (Wildman–Crippen MR) is 120 cm³/mol. The van der Waals surface area contributed by atoms with E-state index in [2.05, 4.69) is 25.7 Å². The Morgan fingerprint density at radius 3 is 1.83 bits per heavy atom. The van der Waals surface area contributed by atoms with Gasteiger partial charge in [0.25, 0.3) is 0 Å². The third-order valence-electron chi connectivity index (χ3n) is 5.39. The van der Waals surface area contributed by atoms with Crippen LogP contribution in [0.3, 0.4) is 0 Å². The van der Waals surface area contributed by atoms with Gasteiger partial charge in [0.1, 0.15) is 0 Å². The monoisotopic (exact) mass is 413 g/mol. The Morgan fingerprint density at radius 1 is 0.724 bits per heavy atom.